The van der Waals surface area contributed by atoms with E-state index in [1.54, 1.807) is 42.5 Å². The fourth-order valence-corrected chi connectivity index (χ4v) is 1.98. The SMILES string of the molecule is O=C1/C(=C\c2ccc([N+](=O)[O-])cc2)Oc2ccccc21. The number of non-ortho nitro benzene ring substituents is 1. The van der Waals surface area contributed by atoms with Gasteiger partial charge in [-0.15, -0.1) is 0 Å². The van der Waals surface area contributed by atoms with Gasteiger partial charge in [-0.3, -0.25) is 14.9 Å². The number of fused-ring (bicyclic) bond motifs is 1. The van der Waals surface area contributed by atoms with Crippen LogP contribution in [0.4, 0.5) is 5.69 Å². The Morgan fingerprint density at radius 2 is 1.75 bits per heavy atom. The molecule has 1 heterocycles. The van der Waals surface area contributed by atoms with Gasteiger partial charge < -0.3 is 4.74 Å². The number of allylic oxidation sites excluding steroid dienone is 1. The van der Waals surface area contributed by atoms with E-state index in [0.717, 1.165) is 0 Å². The minimum Gasteiger partial charge on any atom is -0.452 e. The van der Waals surface area contributed by atoms with Crippen LogP contribution < -0.4 is 4.74 Å². The van der Waals surface area contributed by atoms with Crippen LogP contribution in [-0.4, -0.2) is 10.7 Å². The number of nitrogens with zero attached hydrogens (tertiary/aromatic N) is 1. The third kappa shape index (κ3) is 2.05. The molecule has 0 aliphatic carbocycles. The molecule has 2 aromatic carbocycles. The summed E-state index contributed by atoms with van der Waals surface area (Å²) in [6.07, 6.45) is 1.58. The van der Waals surface area contributed by atoms with Crippen molar-refractivity contribution in [1.82, 2.24) is 0 Å². The van der Waals surface area contributed by atoms with Crippen LogP contribution in [0.25, 0.3) is 6.08 Å². The number of para-hydroxylation sites is 1. The predicted molar refractivity (Wildman–Crippen MR) is 72.5 cm³/mol. The number of hydrogen-bond donors (Lipinski definition) is 0. The second-order valence-electron chi connectivity index (χ2n) is 4.28. The van der Waals surface area contributed by atoms with E-state index in [9.17, 15) is 14.9 Å². The van der Waals surface area contributed by atoms with E-state index >= 15 is 0 Å². The van der Waals surface area contributed by atoms with Crippen molar-refractivity contribution < 1.29 is 14.5 Å². The van der Waals surface area contributed by atoms with Gasteiger partial charge in [-0.2, -0.15) is 0 Å². The van der Waals surface area contributed by atoms with Crippen LogP contribution in [0.3, 0.4) is 0 Å². The lowest BCUT2D eigenvalue weighted by atomic mass is 10.1. The van der Waals surface area contributed by atoms with Crippen LogP contribution in [0.2, 0.25) is 0 Å². The van der Waals surface area contributed by atoms with Crippen molar-refractivity contribution in [3.63, 3.8) is 0 Å². The topological polar surface area (TPSA) is 69.4 Å². The van der Waals surface area contributed by atoms with Gasteiger partial charge >= 0.3 is 0 Å². The Hall–Kier alpha value is -2.95. The van der Waals surface area contributed by atoms with E-state index in [-0.39, 0.29) is 17.2 Å². The van der Waals surface area contributed by atoms with Crippen LogP contribution in [0, 0.1) is 10.1 Å². The van der Waals surface area contributed by atoms with Crippen LogP contribution in [0.5, 0.6) is 5.75 Å². The number of rotatable bonds is 2. The molecular weight excluding hydrogens is 258 g/mol. The molecule has 0 aromatic heterocycles. The average Bonchev–Trinajstić information content (AvgIpc) is 2.77. The Kier molecular flexibility index (Phi) is 2.80. The molecule has 20 heavy (non-hydrogen) atoms. The maximum absolute atomic E-state index is 12.1. The van der Waals surface area contributed by atoms with Gasteiger partial charge in [0.25, 0.3) is 5.69 Å². The fourth-order valence-electron chi connectivity index (χ4n) is 1.98. The molecule has 0 unspecified atom stereocenters. The van der Waals surface area contributed by atoms with E-state index in [4.69, 9.17) is 4.74 Å². The van der Waals surface area contributed by atoms with E-state index in [1.807, 2.05) is 0 Å². The fraction of sp³-hybridized carbons (Fsp3) is 0. The smallest absolute Gasteiger partial charge is 0.269 e. The zero-order valence-corrected chi connectivity index (χ0v) is 10.3. The molecule has 0 amide bonds. The van der Waals surface area contributed by atoms with Gasteiger partial charge in [-0.05, 0) is 35.9 Å². The maximum atomic E-state index is 12.1. The largest absolute Gasteiger partial charge is 0.452 e. The maximum Gasteiger partial charge on any atom is 0.269 e. The standard InChI is InChI=1S/C15H9NO4/c17-15-12-3-1-2-4-13(12)20-14(15)9-10-5-7-11(8-6-10)16(18)19/h1-9H/b14-9+. The Bertz CT molecular complexity index is 732. The van der Waals surface area contributed by atoms with Crippen LogP contribution in [-0.2, 0) is 0 Å². The first-order chi connectivity index (χ1) is 9.65. The van der Waals surface area contributed by atoms with Crippen LogP contribution in [0.15, 0.2) is 54.3 Å². The molecule has 0 radical (unpaired) electrons. The molecule has 5 nitrogen and oxygen atoms in total. The zero-order chi connectivity index (χ0) is 14.1. The summed E-state index contributed by atoms with van der Waals surface area (Å²) in [6, 6.07) is 12.9. The molecule has 98 valence electrons. The Morgan fingerprint density at radius 3 is 2.40 bits per heavy atom. The molecular formula is C15H9NO4. The molecule has 1 aliphatic rings. The molecule has 5 heteroatoms. The highest BCUT2D eigenvalue weighted by Gasteiger charge is 2.26. The van der Waals surface area contributed by atoms with Gasteiger partial charge in [0, 0.05) is 12.1 Å². The molecule has 2 aromatic rings. The number of benzene rings is 2. The van der Waals surface area contributed by atoms with E-state index in [1.165, 1.54) is 12.1 Å². The number of ketones is 1. The third-order valence-electron chi connectivity index (χ3n) is 2.98. The second kappa shape index (κ2) is 4.62. The highest BCUT2D eigenvalue weighted by Crippen LogP contribution is 2.31. The van der Waals surface area contributed by atoms with Crippen molar-refractivity contribution in [2.24, 2.45) is 0 Å². The summed E-state index contributed by atoms with van der Waals surface area (Å²) in [6.45, 7) is 0. The highest BCUT2D eigenvalue weighted by molar-refractivity contribution is 6.14. The summed E-state index contributed by atoms with van der Waals surface area (Å²) in [4.78, 5) is 22.2. The highest BCUT2D eigenvalue weighted by atomic mass is 16.6. The Labute approximate surface area is 114 Å². The minimum atomic E-state index is -0.468. The monoisotopic (exact) mass is 267 g/mol. The lowest BCUT2D eigenvalue weighted by Gasteiger charge is -1.98. The number of nitro benzene ring substituents is 1. The first-order valence-corrected chi connectivity index (χ1v) is 5.93. The van der Waals surface area contributed by atoms with E-state index in [2.05, 4.69) is 0 Å². The predicted octanol–water partition coefficient (Wildman–Crippen LogP) is 3.21. The third-order valence-corrected chi connectivity index (χ3v) is 2.98. The van der Waals surface area contributed by atoms with Gasteiger partial charge in [-0.25, -0.2) is 0 Å². The van der Waals surface area contributed by atoms with Crippen molar-refractivity contribution in [1.29, 1.82) is 0 Å². The normalized spacial score (nSPS) is 15.0. The van der Waals surface area contributed by atoms with Crippen molar-refractivity contribution in [2.45, 2.75) is 0 Å². The number of nitro groups is 1. The lowest BCUT2D eigenvalue weighted by molar-refractivity contribution is -0.384. The Morgan fingerprint density at radius 1 is 1.05 bits per heavy atom. The number of carbonyl (C=O) groups excluding carboxylic acids is 1. The second-order valence-corrected chi connectivity index (χ2v) is 4.28. The summed E-state index contributed by atoms with van der Waals surface area (Å²) in [5.74, 6) is 0.574. The van der Waals surface area contributed by atoms with Crippen molar-refractivity contribution in [3.8, 4) is 5.75 Å². The van der Waals surface area contributed by atoms with Gasteiger partial charge in [0.15, 0.2) is 5.76 Å². The van der Waals surface area contributed by atoms with Crippen LogP contribution in [0.1, 0.15) is 15.9 Å². The van der Waals surface area contributed by atoms with Crippen molar-refractivity contribution in [3.05, 3.63) is 75.5 Å². The zero-order valence-electron chi connectivity index (χ0n) is 10.3. The molecule has 0 spiro atoms. The summed E-state index contributed by atoms with van der Waals surface area (Å²) in [5.41, 5.74) is 1.21. The van der Waals surface area contributed by atoms with Gasteiger partial charge in [0.2, 0.25) is 5.78 Å². The average molecular weight is 267 g/mol. The summed E-state index contributed by atoms with van der Waals surface area (Å²) in [5, 5.41) is 10.6. The number of Topliss-reactive ketones (excluding diaryl/α,β-unsaturated/α-hetero) is 1. The first kappa shape index (κ1) is 12.1. The molecule has 1 aliphatic heterocycles. The first-order valence-electron chi connectivity index (χ1n) is 5.93. The number of ether oxygens (including phenoxy) is 1. The quantitative estimate of drug-likeness (QED) is 0.476. The van der Waals surface area contributed by atoms with E-state index < -0.39 is 4.92 Å². The van der Waals surface area contributed by atoms with Gasteiger partial charge in [-0.1, -0.05) is 12.1 Å². The molecule has 0 saturated carbocycles. The molecule has 0 saturated heterocycles. The Balaban J connectivity index is 1.91. The molecule has 0 N–H and O–H groups in total. The van der Waals surface area contributed by atoms with Gasteiger partial charge in [0.1, 0.15) is 5.75 Å². The molecule has 0 atom stereocenters. The molecule has 3 rings (SSSR count). The molecule has 0 fully saturated rings. The summed E-state index contributed by atoms with van der Waals surface area (Å²) >= 11 is 0. The number of carbonyl (C=O) groups is 1. The van der Waals surface area contributed by atoms with Gasteiger partial charge in [0.05, 0.1) is 10.5 Å². The van der Waals surface area contributed by atoms with Crippen LogP contribution >= 0.6 is 0 Å². The van der Waals surface area contributed by atoms with Crippen molar-refractivity contribution >= 4 is 17.5 Å². The summed E-state index contributed by atoms with van der Waals surface area (Å²) in [7, 11) is 0. The molecule has 0 bridgehead atoms. The minimum absolute atomic E-state index is 0.00843. The summed E-state index contributed by atoms with van der Waals surface area (Å²) < 4.78 is 5.48. The van der Waals surface area contributed by atoms with E-state index in [0.29, 0.717) is 16.9 Å². The lowest BCUT2D eigenvalue weighted by Crippen LogP contribution is -1.98. The number of hydrogen-bond acceptors (Lipinski definition) is 4. The van der Waals surface area contributed by atoms with Crippen molar-refractivity contribution in [2.75, 3.05) is 0 Å².